The smallest absolute Gasteiger partial charge is 0.136 e. The average Bonchev–Trinajstić information content (AvgIpc) is 2.42. The Balaban J connectivity index is 2.32. The second-order valence-electron chi connectivity index (χ2n) is 4.66. The number of anilines is 3. The van der Waals surface area contributed by atoms with Gasteiger partial charge in [0.1, 0.15) is 17.5 Å². The van der Waals surface area contributed by atoms with Crippen molar-refractivity contribution in [2.75, 3.05) is 17.7 Å². The van der Waals surface area contributed by atoms with Crippen LogP contribution in [0, 0.1) is 0 Å². The number of aromatic nitrogens is 2. The quantitative estimate of drug-likeness (QED) is 0.827. The van der Waals surface area contributed by atoms with Crippen molar-refractivity contribution in [2.45, 2.75) is 19.8 Å². The summed E-state index contributed by atoms with van der Waals surface area (Å²) < 4.78 is 0.844. The van der Waals surface area contributed by atoms with Gasteiger partial charge in [-0.05, 0) is 34.1 Å². The average molecular weight is 356 g/mol. The summed E-state index contributed by atoms with van der Waals surface area (Å²) in [5.74, 6) is 2.61. The van der Waals surface area contributed by atoms with Gasteiger partial charge in [0.2, 0.25) is 0 Å². The van der Waals surface area contributed by atoms with Crippen LogP contribution in [0.4, 0.5) is 17.3 Å². The minimum atomic E-state index is 0.265. The van der Waals surface area contributed by atoms with Gasteiger partial charge in [0.05, 0.1) is 5.02 Å². The molecule has 0 aliphatic carbocycles. The molecule has 0 aliphatic heterocycles. The van der Waals surface area contributed by atoms with Gasteiger partial charge in [0.25, 0.3) is 0 Å². The third-order valence-corrected chi connectivity index (χ3v) is 3.92. The monoisotopic (exact) mass is 354 g/mol. The molecule has 2 aromatic rings. The van der Waals surface area contributed by atoms with Crippen LogP contribution in [0.25, 0.3) is 0 Å². The van der Waals surface area contributed by atoms with Crippen molar-refractivity contribution < 1.29 is 0 Å². The standard InChI is InChI=1S/C14H16BrClN4/c1-8(2)14-19-12(17-3)7-13(20-14)18-9-4-5-11(16)10(15)6-9/h4-8H,1-3H3,(H2,17,18,19,20). The number of benzene rings is 1. The molecule has 0 bridgehead atoms. The Morgan fingerprint density at radius 2 is 1.85 bits per heavy atom. The van der Waals surface area contributed by atoms with Gasteiger partial charge in [-0.3, -0.25) is 0 Å². The van der Waals surface area contributed by atoms with E-state index in [0.29, 0.717) is 5.02 Å². The molecule has 0 spiro atoms. The molecule has 0 atom stereocenters. The molecule has 0 radical (unpaired) electrons. The molecular formula is C14H16BrClN4. The Bertz CT molecular complexity index is 616. The van der Waals surface area contributed by atoms with Crippen LogP contribution in [0.5, 0.6) is 0 Å². The molecule has 1 aromatic heterocycles. The van der Waals surface area contributed by atoms with E-state index in [4.69, 9.17) is 11.6 Å². The van der Waals surface area contributed by atoms with Crippen LogP contribution >= 0.6 is 27.5 Å². The summed E-state index contributed by atoms with van der Waals surface area (Å²) in [5, 5.41) is 6.99. The summed E-state index contributed by atoms with van der Waals surface area (Å²) in [6, 6.07) is 7.52. The zero-order valence-corrected chi connectivity index (χ0v) is 13.9. The van der Waals surface area contributed by atoms with E-state index < -0.39 is 0 Å². The number of halogens is 2. The predicted octanol–water partition coefficient (Wildman–Crippen LogP) is 4.80. The van der Waals surface area contributed by atoms with Crippen molar-refractivity contribution in [3.8, 4) is 0 Å². The summed E-state index contributed by atoms with van der Waals surface area (Å²) in [4.78, 5) is 8.95. The summed E-state index contributed by atoms with van der Waals surface area (Å²) in [6.07, 6.45) is 0. The Morgan fingerprint density at radius 1 is 1.15 bits per heavy atom. The fourth-order valence-electron chi connectivity index (χ4n) is 1.64. The minimum absolute atomic E-state index is 0.265. The topological polar surface area (TPSA) is 49.8 Å². The van der Waals surface area contributed by atoms with E-state index in [1.165, 1.54) is 0 Å². The zero-order valence-electron chi connectivity index (χ0n) is 11.5. The SMILES string of the molecule is CNc1cc(Nc2ccc(Cl)c(Br)c2)nc(C(C)C)n1. The van der Waals surface area contributed by atoms with Crippen molar-refractivity contribution >= 4 is 44.9 Å². The van der Waals surface area contributed by atoms with E-state index in [9.17, 15) is 0 Å². The van der Waals surface area contributed by atoms with Gasteiger partial charge in [0, 0.05) is 29.2 Å². The maximum Gasteiger partial charge on any atom is 0.136 e. The Labute approximate surface area is 132 Å². The molecule has 0 unspecified atom stereocenters. The number of nitrogens with zero attached hydrogens (tertiary/aromatic N) is 2. The van der Waals surface area contributed by atoms with E-state index in [1.54, 1.807) is 0 Å². The Hall–Kier alpha value is -1.33. The van der Waals surface area contributed by atoms with E-state index in [0.717, 1.165) is 27.6 Å². The number of hydrogen-bond acceptors (Lipinski definition) is 4. The van der Waals surface area contributed by atoms with Crippen molar-refractivity contribution in [3.63, 3.8) is 0 Å². The lowest BCUT2D eigenvalue weighted by molar-refractivity contribution is 0.778. The second-order valence-corrected chi connectivity index (χ2v) is 5.92. The largest absolute Gasteiger partial charge is 0.373 e. The molecule has 6 heteroatoms. The highest BCUT2D eigenvalue weighted by Crippen LogP contribution is 2.27. The molecule has 0 saturated carbocycles. The van der Waals surface area contributed by atoms with Crippen LogP contribution in [-0.4, -0.2) is 17.0 Å². The summed E-state index contributed by atoms with van der Waals surface area (Å²) >= 11 is 9.40. The molecule has 0 saturated heterocycles. The van der Waals surface area contributed by atoms with Crippen LogP contribution in [-0.2, 0) is 0 Å². The van der Waals surface area contributed by atoms with Gasteiger partial charge in [-0.15, -0.1) is 0 Å². The van der Waals surface area contributed by atoms with E-state index in [2.05, 4.69) is 50.4 Å². The van der Waals surface area contributed by atoms with Crippen molar-refractivity contribution in [1.82, 2.24) is 9.97 Å². The zero-order chi connectivity index (χ0) is 14.7. The molecule has 1 aromatic carbocycles. The van der Waals surface area contributed by atoms with E-state index in [1.807, 2.05) is 31.3 Å². The Morgan fingerprint density at radius 3 is 2.45 bits per heavy atom. The lowest BCUT2D eigenvalue weighted by Gasteiger charge is -2.12. The first-order valence-corrected chi connectivity index (χ1v) is 7.45. The molecular weight excluding hydrogens is 340 g/mol. The second kappa shape index (κ2) is 6.41. The van der Waals surface area contributed by atoms with Gasteiger partial charge < -0.3 is 10.6 Å². The first-order valence-electron chi connectivity index (χ1n) is 6.28. The number of rotatable bonds is 4. The Kier molecular flexibility index (Phi) is 4.83. The number of hydrogen-bond donors (Lipinski definition) is 2. The van der Waals surface area contributed by atoms with Gasteiger partial charge >= 0.3 is 0 Å². The minimum Gasteiger partial charge on any atom is -0.373 e. The molecule has 1 heterocycles. The maximum absolute atomic E-state index is 5.99. The molecule has 4 nitrogen and oxygen atoms in total. The van der Waals surface area contributed by atoms with Gasteiger partial charge in [0.15, 0.2) is 0 Å². The lowest BCUT2D eigenvalue weighted by Crippen LogP contribution is -2.05. The molecule has 0 fully saturated rings. The van der Waals surface area contributed by atoms with Crippen LogP contribution in [0.15, 0.2) is 28.7 Å². The molecule has 0 amide bonds. The molecule has 2 N–H and O–H groups in total. The molecule has 2 rings (SSSR count). The summed E-state index contributed by atoms with van der Waals surface area (Å²) in [7, 11) is 1.84. The summed E-state index contributed by atoms with van der Waals surface area (Å²) in [6.45, 7) is 4.13. The lowest BCUT2D eigenvalue weighted by atomic mass is 10.2. The first kappa shape index (κ1) is 15.1. The van der Waals surface area contributed by atoms with Crippen LogP contribution < -0.4 is 10.6 Å². The van der Waals surface area contributed by atoms with E-state index >= 15 is 0 Å². The first-order chi connectivity index (χ1) is 9.49. The fraction of sp³-hybridized carbons (Fsp3) is 0.286. The highest BCUT2D eigenvalue weighted by Gasteiger charge is 2.08. The predicted molar refractivity (Wildman–Crippen MR) is 88.1 cm³/mol. The summed E-state index contributed by atoms with van der Waals surface area (Å²) in [5.41, 5.74) is 0.914. The van der Waals surface area contributed by atoms with Crippen molar-refractivity contribution in [3.05, 3.63) is 39.6 Å². The molecule has 20 heavy (non-hydrogen) atoms. The van der Waals surface area contributed by atoms with Gasteiger partial charge in [-0.25, -0.2) is 9.97 Å². The third kappa shape index (κ3) is 3.61. The van der Waals surface area contributed by atoms with Gasteiger partial charge in [-0.2, -0.15) is 0 Å². The third-order valence-electron chi connectivity index (χ3n) is 2.71. The normalized spacial score (nSPS) is 10.7. The highest BCUT2D eigenvalue weighted by molar-refractivity contribution is 9.10. The van der Waals surface area contributed by atoms with Crippen LogP contribution in [0.1, 0.15) is 25.6 Å². The maximum atomic E-state index is 5.99. The van der Waals surface area contributed by atoms with E-state index in [-0.39, 0.29) is 5.92 Å². The van der Waals surface area contributed by atoms with Crippen LogP contribution in [0.3, 0.4) is 0 Å². The van der Waals surface area contributed by atoms with Crippen molar-refractivity contribution in [2.24, 2.45) is 0 Å². The van der Waals surface area contributed by atoms with Gasteiger partial charge in [-0.1, -0.05) is 25.4 Å². The van der Waals surface area contributed by atoms with Crippen LogP contribution in [0.2, 0.25) is 5.02 Å². The van der Waals surface area contributed by atoms with Crippen molar-refractivity contribution in [1.29, 1.82) is 0 Å². The highest BCUT2D eigenvalue weighted by atomic mass is 79.9. The fourth-order valence-corrected chi connectivity index (χ4v) is 2.13. The molecule has 0 aliphatic rings. The molecule has 106 valence electrons. The number of nitrogens with one attached hydrogen (secondary N) is 2.